The van der Waals surface area contributed by atoms with Crippen LogP contribution in [0.1, 0.15) is 46.0 Å². The zero-order valence-corrected chi connectivity index (χ0v) is 18.2. The monoisotopic (exact) mass is 476 g/mol. The van der Waals surface area contributed by atoms with Crippen molar-refractivity contribution < 1.29 is 57.7 Å². The lowest BCUT2D eigenvalue weighted by Gasteiger charge is -2.37. The van der Waals surface area contributed by atoms with E-state index in [1.165, 1.54) is 6.92 Å². The largest absolute Gasteiger partial charge is 0.469 e. The SMILES string of the molecule is CCCCCC(CC)C(N=C(P(=O)(O)O)[P+](O)(O)O)(P(=O)(O)O)P(=O)(O)O. The van der Waals surface area contributed by atoms with Gasteiger partial charge < -0.3 is 29.4 Å². The van der Waals surface area contributed by atoms with Crippen LogP contribution >= 0.6 is 30.7 Å². The van der Waals surface area contributed by atoms with E-state index < -0.39 is 46.9 Å². The summed E-state index contributed by atoms with van der Waals surface area (Å²) in [5.41, 5.74) is 0. The predicted octanol–water partition coefficient (Wildman–Crippen LogP) is 0.875. The molecule has 1 unspecified atom stereocenters. The Kier molecular flexibility index (Phi) is 9.65. The van der Waals surface area contributed by atoms with Crippen LogP contribution < -0.4 is 0 Å². The molecular weight excluding hydrogens is 450 g/mol. The molecule has 17 heteroatoms. The maximum Gasteiger partial charge on any atom is 0.469 e. The van der Waals surface area contributed by atoms with Crippen molar-refractivity contribution in [2.45, 2.75) is 51.0 Å². The molecule has 1 atom stereocenters. The highest BCUT2D eigenvalue weighted by molar-refractivity contribution is 8.00. The van der Waals surface area contributed by atoms with Gasteiger partial charge >= 0.3 is 35.9 Å². The molecule has 0 fully saturated rings. The zero-order valence-electron chi connectivity index (χ0n) is 14.6. The number of aliphatic imine (C=N–C) groups is 1. The topological polar surface area (TPSA) is 246 Å². The lowest BCUT2D eigenvalue weighted by molar-refractivity contribution is 0.258. The lowest BCUT2D eigenvalue weighted by atomic mass is 9.98. The summed E-state index contributed by atoms with van der Waals surface area (Å²) >= 11 is 0. The van der Waals surface area contributed by atoms with Gasteiger partial charge in [-0.25, -0.2) is 9.56 Å². The molecule has 27 heavy (non-hydrogen) atoms. The van der Waals surface area contributed by atoms with Crippen LogP contribution in [0.2, 0.25) is 0 Å². The van der Waals surface area contributed by atoms with Gasteiger partial charge in [-0.15, -0.1) is 0 Å². The van der Waals surface area contributed by atoms with E-state index in [2.05, 4.69) is 4.99 Å². The highest BCUT2D eigenvalue weighted by atomic mass is 31.3. The lowest BCUT2D eigenvalue weighted by Crippen LogP contribution is -2.37. The van der Waals surface area contributed by atoms with Gasteiger partial charge in [0.25, 0.3) is 5.02 Å². The first-order valence-corrected chi connectivity index (χ1v) is 14.2. The molecule has 0 aliphatic heterocycles. The Morgan fingerprint density at radius 2 is 1.37 bits per heavy atom. The van der Waals surface area contributed by atoms with Crippen molar-refractivity contribution in [1.29, 1.82) is 0 Å². The van der Waals surface area contributed by atoms with Crippen LogP contribution in [-0.2, 0) is 13.7 Å². The van der Waals surface area contributed by atoms with Gasteiger partial charge in [0.2, 0.25) is 0 Å². The standard InChI is InChI=1S/C10H25NO12P4/c1-3-5-6-7-8(4-2)10(26(18,19)20,27(21,22)23)11-9(24(12,13)14)25(15,16)17/h8,12-14H,3-7H2,1-2H3,(H5-,15,16,17,18,19,20,21,22,23)/p+1. The fraction of sp³-hybridized carbons (Fsp3) is 0.900. The fourth-order valence-corrected chi connectivity index (χ4v) is 8.32. The maximum atomic E-state index is 12.1. The Morgan fingerprint density at radius 1 is 0.926 bits per heavy atom. The molecule has 13 nitrogen and oxygen atoms in total. The highest BCUT2D eigenvalue weighted by Gasteiger charge is 2.67. The van der Waals surface area contributed by atoms with Crippen molar-refractivity contribution >= 4 is 35.9 Å². The summed E-state index contributed by atoms with van der Waals surface area (Å²) in [5.74, 6) is -1.58. The minimum atomic E-state index is -5.95. The average molecular weight is 476 g/mol. The molecule has 0 saturated carbocycles. The summed E-state index contributed by atoms with van der Waals surface area (Å²) in [4.78, 5) is 88.0. The molecule has 0 amide bonds. The maximum absolute atomic E-state index is 12.1. The van der Waals surface area contributed by atoms with E-state index >= 15 is 0 Å². The molecule has 0 aromatic heterocycles. The second kappa shape index (κ2) is 9.49. The summed E-state index contributed by atoms with van der Waals surface area (Å²) in [6.45, 7) is 3.12. The molecule has 0 aliphatic carbocycles. The van der Waals surface area contributed by atoms with E-state index in [1.807, 2.05) is 0 Å². The quantitative estimate of drug-likeness (QED) is 0.115. The molecule has 0 saturated heterocycles. The Labute approximate surface area is 156 Å². The van der Waals surface area contributed by atoms with Crippen molar-refractivity contribution in [3.05, 3.63) is 0 Å². The molecule has 0 aromatic carbocycles. The number of unbranched alkanes of at least 4 members (excludes halogenated alkanes) is 2. The number of nitrogens with zero attached hydrogens (tertiary/aromatic N) is 1. The summed E-state index contributed by atoms with van der Waals surface area (Å²) in [6.07, 6.45) is 0.985. The van der Waals surface area contributed by atoms with Crippen LogP contribution in [0.3, 0.4) is 0 Å². The van der Waals surface area contributed by atoms with E-state index in [4.69, 9.17) is 0 Å². The normalized spacial score (nSPS) is 16.5. The van der Waals surface area contributed by atoms with Crippen LogP contribution in [0.15, 0.2) is 4.99 Å². The van der Waals surface area contributed by atoms with Crippen molar-refractivity contribution in [3.63, 3.8) is 0 Å². The molecule has 0 aromatic rings. The second-order valence-electron chi connectivity index (χ2n) is 5.90. The molecule has 0 radical (unpaired) electrons. The summed E-state index contributed by atoms with van der Waals surface area (Å²) in [6, 6.07) is 0. The fourth-order valence-electron chi connectivity index (χ4n) is 2.63. The third-order valence-electron chi connectivity index (χ3n) is 3.85. The third-order valence-corrected chi connectivity index (χ3v) is 10.9. The van der Waals surface area contributed by atoms with Crippen molar-refractivity contribution in [2.75, 3.05) is 0 Å². The van der Waals surface area contributed by atoms with Crippen LogP contribution in [0.4, 0.5) is 0 Å². The first kappa shape index (κ1) is 27.4. The van der Waals surface area contributed by atoms with Gasteiger partial charge in [-0.2, -0.15) is 14.7 Å². The zero-order chi connectivity index (χ0) is 21.9. The Hall–Kier alpha value is 0.430. The van der Waals surface area contributed by atoms with Crippen molar-refractivity contribution in [3.8, 4) is 0 Å². The predicted molar refractivity (Wildman–Crippen MR) is 97.8 cm³/mol. The van der Waals surface area contributed by atoms with E-state index in [9.17, 15) is 57.7 Å². The number of hydrogen-bond donors (Lipinski definition) is 9. The van der Waals surface area contributed by atoms with E-state index in [0.717, 1.165) is 0 Å². The summed E-state index contributed by atoms with van der Waals surface area (Å²) in [5, 5.41) is -5.87. The first-order chi connectivity index (χ1) is 11.9. The third kappa shape index (κ3) is 6.73. The van der Waals surface area contributed by atoms with E-state index in [-0.39, 0.29) is 19.3 Å². The first-order valence-electron chi connectivity index (χ1n) is 7.71. The number of rotatable bonds is 11. The Bertz CT molecular complexity index is 648. The van der Waals surface area contributed by atoms with Crippen molar-refractivity contribution in [1.82, 2.24) is 0 Å². The van der Waals surface area contributed by atoms with E-state index in [0.29, 0.717) is 12.8 Å². The van der Waals surface area contributed by atoms with E-state index in [1.54, 1.807) is 6.92 Å². The minimum Gasteiger partial charge on any atom is -0.322 e. The minimum absolute atomic E-state index is 0.188. The van der Waals surface area contributed by atoms with Crippen LogP contribution in [0.5, 0.6) is 0 Å². The van der Waals surface area contributed by atoms with Crippen LogP contribution in [0, 0.1) is 5.92 Å². The molecule has 9 N–H and O–H groups in total. The molecular formula is C10H26NO12P4+. The molecule has 0 rings (SSSR count). The molecule has 0 aliphatic rings. The Balaban J connectivity index is 7.04. The second-order valence-corrected chi connectivity index (χ2v) is 13.2. The summed E-state index contributed by atoms with van der Waals surface area (Å²) < 4.78 is 35.8. The number of hydrogen-bond acceptors (Lipinski definition) is 7. The Morgan fingerprint density at radius 3 is 1.63 bits per heavy atom. The van der Waals surface area contributed by atoms with Gasteiger partial charge in [-0.1, -0.05) is 33.1 Å². The van der Waals surface area contributed by atoms with Gasteiger partial charge in [-0.3, -0.25) is 9.13 Å². The van der Waals surface area contributed by atoms with Crippen molar-refractivity contribution in [2.24, 2.45) is 10.9 Å². The molecule has 162 valence electrons. The van der Waals surface area contributed by atoms with Gasteiger partial charge in [0.1, 0.15) is 0 Å². The average Bonchev–Trinajstić information content (AvgIpc) is 2.40. The van der Waals surface area contributed by atoms with Crippen LogP contribution in [0.25, 0.3) is 0 Å². The molecule has 0 spiro atoms. The molecule has 0 heterocycles. The molecule has 0 bridgehead atoms. The highest BCUT2D eigenvalue weighted by Crippen LogP contribution is 2.76. The van der Waals surface area contributed by atoms with Gasteiger partial charge in [0.05, 0.1) is 0 Å². The van der Waals surface area contributed by atoms with Gasteiger partial charge in [-0.05, 0) is 12.8 Å². The van der Waals surface area contributed by atoms with Crippen LogP contribution in [-0.4, -0.2) is 54.3 Å². The van der Waals surface area contributed by atoms with Gasteiger partial charge in [0, 0.05) is 5.92 Å². The summed E-state index contributed by atoms with van der Waals surface area (Å²) in [7, 11) is -23.4. The van der Waals surface area contributed by atoms with Gasteiger partial charge in [0.15, 0.2) is 0 Å². The smallest absolute Gasteiger partial charge is 0.322 e.